The van der Waals surface area contributed by atoms with Gasteiger partial charge in [0, 0.05) is 7.11 Å². The van der Waals surface area contributed by atoms with Crippen molar-refractivity contribution in [1.82, 2.24) is 4.72 Å². The van der Waals surface area contributed by atoms with E-state index >= 15 is 0 Å². The summed E-state index contributed by atoms with van der Waals surface area (Å²) in [5.41, 5.74) is 5.75. The second kappa shape index (κ2) is 8.60. The predicted octanol–water partition coefficient (Wildman–Crippen LogP) is 1.17. The van der Waals surface area contributed by atoms with Crippen LogP contribution in [0.2, 0.25) is 0 Å². The summed E-state index contributed by atoms with van der Waals surface area (Å²) in [6.45, 7) is -1.41. The Kier molecular flexibility index (Phi) is 8.27. The van der Waals surface area contributed by atoms with Crippen LogP contribution in [0.15, 0.2) is 29.2 Å². The van der Waals surface area contributed by atoms with Crippen LogP contribution >= 0.6 is 12.4 Å². The topological polar surface area (TPSA) is 81.4 Å². The zero-order valence-electron chi connectivity index (χ0n) is 11.5. The van der Waals surface area contributed by atoms with Crippen molar-refractivity contribution < 1.29 is 21.9 Å². The van der Waals surface area contributed by atoms with Gasteiger partial charge in [0.2, 0.25) is 10.0 Å². The third kappa shape index (κ3) is 6.66. The second-order valence-corrected chi connectivity index (χ2v) is 6.04. The van der Waals surface area contributed by atoms with Gasteiger partial charge in [-0.05, 0) is 24.1 Å². The molecule has 0 aromatic heterocycles. The van der Waals surface area contributed by atoms with Crippen molar-refractivity contribution in [2.24, 2.45) is 5.73 Å². The summed E-state index contributed by atoms with van der Waals surface area (Å²) in [6.07, 6.45) is 0.648. The molecule has 0 aliphatic rings. The van der Waals surface area contributed by atoms with Crippen molar-refractivity contribution >= 4 is 22.4 Å². The summed E-state index contributed by atoms with van der Waals surface area (Å²) in [4.78, 5) is -0.0634. The number of sulfonamides is 1. The Morgan fingerprint density at radius 1 is 1.29 bits per heavy atom. The predicted molar refractivity (Wildman–Crippen MR) is 78.5 cm³/mol. The number of rotatable bonds is 8. The summed E-state index contributed by atoms with van der Waals surface area (Å²) >= 11 is 0. The van der Waals surface area contributed by atoms with E-state index in [2.05, 4.69) is 0 Å². The monoisotopic (exact) mass is 344 g/mol. The molecule has 0 saturated heterocycles. The molecule has 0 heterocycles. The molecule has 5 nitrogen and oxygen atoms in total. The van der Waals surface area contributed by atoms with Gasteiger partial charge in [0.25, 0.3) is 5.92 Å². The quantitative estimate of drug-likeness (QED) is 0.741. The lowest BCUT2D eigenvalue weighted by molar-refractivity contribution is 0.0170. The number of nitrogens with two attached hydrogens (primary N) is 1. The zero-order chi connectivity index (χ0) is 15.2. The van der Waals surface area contributed by atoms with Crippen LogP contribution in [-0.2, 0) is 21.2 Å². The normalized spacial score (nSPS) is 12.0. The van der Waals surface area contributed by atoms with Gasteiger partial charge in [0.1, 0.15) is 0 Å². The molecule has 9 heteroatoms. The largest absolute Gasteiger partial charge is 0.384 e. The molecular formula is C12H19ClF2N2O3S. The maximum Gasteiger partial charge on any atom is 0.273 e. The first-order valence-electron chi connectivity index (χ1n) is 5.96. The van der Waals surface area contributed by atoms with Gasteiger partial charge in [-0.2, -0.15) is 0 Å². The maximum absolute atomic E-state index is 12.9. The van der Waals surface area contributed by atoms with Crippen molar-refractivity contribution in [1.29, 1.82) is 0 Å². The number of hydrogen-bond acceptors (Lipinski definition) is 4. The molecule has 122 valence electrons. The summed E-state index contributed by atoms with van der Waals surface area (Å²) in [5, 5.41) is 0. The standard InChI is InChI=1S/C12H18F2N2O3S.ClH/c1-19-7-6-10-2-4-11(5-3-10)20(17,18)16-9-12(13,14)8-15;/h2-5,16H,6-9,15H2,1H3;1H. The van der Waals surface area contributed by atoms with Crippen LogP contribution in [0.3, 0.4) is 0 Å². The van der Waals surface area contributed by atoms with Crippen LogP contribution in [0.4, 0.5) is 8.78 Å². The fraction of sp³-hybridized carbons (Fsp3) is 0.500. The minimum absolute atomic E-state index is 0. The maximum atomic E-state index is 12.9. The van der Waals surface area contributed by atoms with E-state index in [0.717, 1.165) is 5.56 Å². The highest BCUT2D eigenvalue weighted by Gasteiger charge is 2.29. The van der Waals surface area contributed by atoms with Gasteiger partial charge in [-0.15, -0.1) is 12.4 Å². The Morgan fingerprint density at radius 2 is 1.86 bits per heavy atom. The molecular weight excluding hydrogens is 326 g/mol. The molecule has 0 unspecified atom stereocenters. The molecule has 0 bridgehead atoms. The molecule has 0 spiro atoms. The number of alkyl halides is 2. The lowest BCUT2D eigenvalue weighted by Gasteiger charge is -2.14. The number of hydrogen-bond donors (Lipinski definition) is 2. The summed E-state index contributed by atoms with van der Waals surface area (Å²) in [6, 6.07) is 5.98. The molecule has 0 aliphatic carbocycles. The van der Waals surface area contributed by atoms with Crippen molar-refractivity contribution in [2.75, 3.05) is 26.8 Å². The first-order valence-corrected chi connectivity index (χ1v) is 7.44. The van der Waals surface area contributed by atoms with E-state index in [1.807, 2.05) is 4.72 Å². The van der Waals surface area contributed by atoms with Crippen LogP contribution in [0.5, 0.6) is 0 Å². The van der Waals surface area contributed by atoms with E-state index in [-0.39, 0.29) is 17.3 Å². The smallest absolute Gasteiger partial charge is 0.273 e. The van der Waals surface area contributed by atoms with Crippen molar-refractivity contribution in [3.63, 3.8) is 0 Å². The number of halogens is 3. The Bertz CT molecular complexity index is 524. The molecule has 1 aromatic carbocycles. The van der Waals surface area contributed by atoms with Gasteiger partial charge in [0.05, 0.1) is 24.6 Å². The van der Waals surface area contributed by atoms with Crippen LogP contribution in [0, 0.1) is 0 Å². The van der Waals surface area contributed by atoms with Gasteiger partial charge in [0.15, 0.2) is 0 Å². The third-order valence-corrected chi connectivity index (χ3v) is 4.07. The minimum Gasteiger partial charge on any atom is -0.384 e. The lowest BCUT2D eigenvalue weighted by Crippen LogP contribution is -2.41. The highest BCUT2D eigenvalue weighted by molar-refractivity contribution is 7.89. The molecule has 1 rings (SSSR count). The molecule has 0 aliphatic heterocycles. The Labute approximate surface area is 129 Å². The van der Waals surface area contributed by atoms with Crippen LogP contribution in [0.1, 0.15) is 5.56 Å². The van der Waals surface area contributed by atoms with Gasteiger partial charge < -0.3 is 10.5 Å². The van der Waals surface area contributed by atoms with Crippen LogP contribution < -0.4 is 10.5 Å². The first-order chi connectivity index (χ1) is 9.30. The van der Waals surface area contributed by atoms with E-state index in [9.17, 15) is 17.2 Å². The van der Waals surface area contributed by atoms with Gasteiger partial charge in [-0.3, -0.25) is 0 Å². The van der Waals surface area contributed by atoms with Crippen LogP contribution in [0.25, 0.3) is 0 Å². The highest BCUT2D eigenvalue weighted by atomic mass is 35.5. The summed E-state index contributed by atoms with van der Waals surface area (Å²) in [7, 11) is -2.39. The third-order valence-electron chi connectivity index (χ3n) is 2.65. The minimum atomic E-state index is -3.96. The van der Waals surface area contributed by atoms with E-state index in [0.29, 0.717) is 13.0 Å². The van der Waals surface area contributed by atoms with Crippen molar-refractivity contribution in [2.45, 2.75) is 17.2 Å². The van der Waals surface area contributed by atoms with E-state index in [1.165, 1.54) is 12.1 Å². The number of benzene rings is 1. The van der Waals surface area contributed by atoms with Crippen LogP contribution in [-0.4, -0.2) is 41.1 Å². The Hall–Kier alpha value is -0.800. The lowest BCUT2D eigenvalue weighted by atomic mass is 10.2. The Morgan fingerprint density at radius 3 is 2.33 bits per heavy atom. The average Bonchev–Trinajstić information content (AvgIpc) is 2.44. The Balaban J connectivity index is 0.00000400. The molecule has 0 fully saturated rings. The van der Waals surface area contributed by atoms with Crippen molar-refractivity contribution in [3.8, 4) is 0 Å². The molecule has 3 N–H and O–H groups in total. The zero-order valence-corrected chi connectivity index (χ0v) is 13.1. The fourth-order valence-corrected chi connectivity index (χ4v) is 2.47. The molecule has 21 heavy (non-hydrogen) atoms. The second-order valence-electron chi connectivity index (χ2n) is 4.27. The first kappa shape index (κ1) is 20.2. The fourth-order valence-electron chi connectivity index (χ4n) is 1.41. The number of nitrogens with one attached hydrogen (secondary N) is 1. The molecule has 0 saturated carbocycles. The van der Waals surface area contributed by atoms with E-state index in [4.69, 9.17) is 10.5 Å². The van der Waals surface area contributed by atoms with Gasteiger partial charge >= 0.3 is 0 Å². The van der Waals surface area contributed by atoms with Gasteiger partial charge in [-0.25, -0.2) is 21.9 Å². The molecule has 0 amide bonds. The van der Waals surface area contributed by atoms with E-state index < -0.39 is 29.0 Å². The average molecular weight is 345 g/mol. The molecule has 0 atom stereocenters. The number of methoxy groups -OCH3 is 1. The number of ether oxygens (including phenoxy) is 1. The van der Waals surface area contributed by atoms with Gasteiger partial charge in [-0.1, -0.05) is 12.1 Å². The summed E-state index contributed by atoms with van der Waals surface area (Å²) in [5.74, 6) is -3.26. The van der Waals surface area contributed by atoms with E-state index in [1.54, 1.807) is 19.2 Å². The SMILES string of the molecule is COCCc1ccc(S(=O)(=O)NCC(F)(F)CN)cc1.Cl. The summed E-state index contributed by atoms with van der Waals surface area (Å²) < 4.78 is 56.2. The van der Waals surface area contributed by atoms with Crippen molar-refractivity contribution in [3.05, 3.63) is 29.8 Å². The molecule has 0 radical (unpaired) electrons. The molecule has 1 aromatic rings. The highest BCUT2D eigenvalue weighted by Crippen LogP contribution is 2.14.